The molecule has 0 aliphatic rings. The van der Waals surface area contributed by atoms with Crippen LogP contribution in [0.4, 0.5) is 0 Å². The zero-order valence-corrected chi connectivity index (χ0v) is 15.8. The molecule has 6 nitrogen and oxygen atoms in total. The highest BCUT2D eigenvalue weighted by Crippen LogP contribution is 2.24. The first-order valence-electron chi connectivity index (χ1n) is 8.04. The number of carboxylic acids is 1. The van der Waals surface area contributed by atoms with Crippen molar-refractivity contribution in [2.45, 2.75) is 0 Å². The summed E-state index contributed by atoms with van der Waals surface area (Å²) in [6.45, 7) is 0. The van der Waals surface area contributed by atoms with E-state index in [1.165, 1.54) is 0 Å². The number of carbonyl (C=O) groups excluding carboxylic acids is 1. The van der Waals surface area contributed by atoms with Gasteiger partial charge in [-0.15, -0.1) is 0 Å². The molecular weight excluding hydrogens is 401 g/mol. The van der Waals surface area contributed by atoms with E-state index >= 15 is 0 Å². The number of pyridine rings is 1. The zero-order chi connectivity index (χ0) is 20.1. The fourth-order valence-corrected chi connectivity index (χ4v) is 2.67. The molecule has 0 aliphatic heterocycles. The summed E-state index contributed by atoms with van der Waals surface area (Å²) in [6, 6.07) is 18.4. The van der Waals surface area contributed by atoms with Gasteiger partial charge < -0.3 is 5.11 Å². The number of aromatic nitrogens is 1. The van der Waals surface area contributed by atoms with E-state index in [1.54, 1.807) is 18.2 Å². The van der Waals surface area contributed by atoms with Gasteiger partial charge in [-0.1, -0.05) is 71.7 Å². The Kier molecular flexibility index (Phi) is 6.03. The number of benzene rings is 2. The Morgan fingerprint density at radius 3 is 2.43 bits per heavy atom. The van der Waals surface area contributed by atoms with Crippen LogP contribution in [-0.2, 0) is 4.79 Å². The number of hydrogen-bond donors (Lipinski definition) is 2. The normalized spacial score (nSPS) is 12.1. The Morgan fingerprint density at radius 1 is 1.04 bits per heavy atom. The van der Waals surface area contributed by atoms with Crippen molar-refractivity contribution in [3.05, 3.63) is 76.3 Å². The highest BCUT2D eigenvalue weighted by molar-refractivity contribution is 6.51. The molecule has 1 aromatic heterocycles. The van der Waals surface area contributed by atoms with Gasteiger partial charge in [0.05, 0.1) is 28.0 Å². The van der Waals surface area contributed by atoms with Crippen LogP contribution in [0, 0.1) is 0 Å². The van der Waals surface area contributed by atoms with E-state index in [9.17, 15) is 9.59 Å². The predicted molar refractivity (Wildman–Crippen MR) is 110 cm³/mol. The van der Waals surface area contributed by atoms with Crippen LogP contribution in [0.3, 0.4) is 0 Å². The Labute approximate surface area is 170 Å². The van der Waals surface area contributed by atoms with Crippen LogP contribution >= 0.6 is 23.2 Å². The van der Waals surface area contributed by atoms with E-state index in [4.69, 9.17) is 28.3 Å². The molecule has 0 saturated carbocycles. The molecule has 3 rings (SSSR count). The first-order valence-corrected chi connectivity index (χ1v) is 8.80. The summed E-state index contributed by atoms with van der Waals surface area (Å²) in [7, 11) is 0. The number of fused-ring (bicyclic) bond motifs is 1. The molecule has 1 amide bonds. The first-order chi connectivity index (χ1) is 13.5. The Bertz CT molecular complexity index is 1110. The van der Waals surface area contributed by atoms with Gasteiger partial charge in [-0.05, 0) is 12.1 Å². The molecule has 0 saturated heterocycles. The fourth-order valence-electron chi connectivity index (χ4n) is 2.49. The molecule has 0 atom stereocenters. The van der Waals surface area contributed by atoms with E-state index in [2.05, 4.69) is 15.5 Å². The van der Waals surface area contributed by atoms with Crippen LogP contribution < -0.4 is 5.43 Å². The van der Waals surface area contributed by atoms with Crippen molar-refractivity contribution in [2.75, 3.05) is 0 Å². The van der Waals surface area contributed by atoms with Crippen LogP contribution in [0.5, 0.6) is 0 Å². The first kappa shape index (κ1) is 19.5. The molecule has 8 heteroatoms. The molecule has 2 aromatic carbocycles. The number of carboxylic acid groups (broad SMARTS) is 1. The van der Waals surface area contributed by atoms with Crippen molar-refractivity contribution in [1.29, 1.82) is 0 Å². The number of aliphatic carboxylic acids is 1. The van der Waals surface area contributed by atoms with Gasteiger partial charge in [0.2, 0.25) is 0 Å². The highest BCUT2D eigenvalue weighted by atomic mass is 35.5. The van der Waals surface area contributed by atoms with E-state index in [-0.39, 0.29) is 5.03 Å². The highest BCUT2D eigenvalue weighted by Gasteiger charge is 2.14. The molecule has 0 bridgehead atoms. The van der Waals surface area contributed by atoms with Crippen molar-refractivity contribution in [1.82, 2.24) is 10.4 Å². The lowest BCUT2D eigenvalue weighted by Crippen LogP contribution is -2.18. The fraction of sp³-hybridized carbons (Fsp3) is 0. The second-order valence-electron chi connectivity index (χ2n) is 5.60. The maximum Gasteiger partial charge on any atom is 0.348 e. The van der Waals surface area contributed by atoms with Gasteiger partial charge in [-0.25, -0.2) is 15.2 Å². The number of nitrogens with zero attached hydrogens (tertiary/aromatic N) is 2. The van der Waals surface area contributed by atoms with Gasteiger partial charge in [-0.3, -0.25) is 4.79 Å². The van der Waals surface area contributed by atoms with Gasteiger partial charge in [0.1, 0.15) is 5.03 Å². The topological polar surface area (TPSA) is 91.6 Å². The minimum Gasteiger partial charge on any atom is -0.477 e. The largest absolute Gasteiger partial charge is 0.477 e. The Balaban J connectivity index is 1.96. The average Bonchev–Trinajstić information content (AvgIpc) is 2.72. The van der Waals surface area contributed by atoms with Gasteiger partial charge in [0, 0.05) is 10.9 Å². The van der Waals surface area contributed by atoms with E-state index in [1.807, 2.05) is 42.5 Å². The lowest BCUT2D eigenvalue weighted by Gasteiger charge is -2.09. The van der Waals surface area contributed by atoms with Crippen LogP contribution in [0.2, 0.25) is 0 Å². The monoisotopic (exact) mass is 413 g/mol. The van der Waals surface area contributed by atoms with Crippen molar-refractivity contribution in [2.24, 2.45) is 5.10 Å². The van der Waals surface area contributed by atoms with Crippen molar-refractivity contribution >= 4 is 52.2 Å². The third kappa shape index (κ3) is 4.36. The number of hydrazone groups is 1. The van der Waals surface area contributed by atoms with Crippen LogP contribution in [0.1, 0.15) is 10.4 Å². The third-order valence-corrected chi connectivity index (χ3v) is 4.52. The van der Waals surface area contributed by atoms with Crippen molar-refractivity contribution in [3.63, 3.8) is 0 Å². The molecule has 0 radical (unpaired) electrons. The Morgan fingerprint density at radius 2 is 1.71 bits per heavy atom. The zero-order valence-electron chi connectivity index (χ0n) is 14.3. The van der Waals surface area contributed by atoms with Crippen LogP contribution in [0.25, 0.3) is 22.2 Å². The smallest absolute Gasteiger partial charge is 0.348 e. The quantitative estimate of drug-likeness (QED) is 0.368. The second-order valence-corrected chi connectivity index (χ2v) is 6.39. The molecular formula is C20H13Cl2N3O3. The van der Waals surface area contributed by atoms with E-state index in [0.29, 0.717) is 22.2 Å². The van der Waals surface area contributed by atoms with Gasteiger partial charge in [0.25, 0.3) is 5.91 Å². The lowest BCUT2D eigenvalue weighted by molar-refractivity contribution is -0.131. The van der Waals surface area contributed by atoms with Crippen LogP contribution in [0.15, 0.2) is 75.8 Å². The maximum atomic E-state index is 12.7. The lowest BCUT2D eigenvalue weighted by atomic mass is 10.0. The van der Waals surface area contributed by atoms with Crippen molar-refractivity contribution < 1.29 is 14.7 Å². The number of amides is 1. The molecule has 3 aromatic rings. The molecule has 0 aliphatic carbocycles. The molecule has 1 heterocycles. The summed E-state index contributed by atoms with van der Waals surface area (Å²) >= 11 is 11.2. The van der Waals surface area contributed by atoms with E-state index in [0.717, 1.165) is 11.8 Å². The summed E-state index contributed by atoms with van der Waals surface area (Å²) in [6.07, 6.45) is 0.956. The minimum absolute atomic E-state index is 0.306. The van der Waals surface area contributed by atoms with Crippen molar-refractivity contribution in [3.8, 4) is 11.3 Å². The second kappa shape index (κ2) is 8.65. The molecule has 0 spiro atoms. The third-order valence-electron chi connectivity index (χ3n) is 3.77. The number of rotatable bonds is 5. The number of allylic oxidation sites excluding steroid dienone is 1. The van der Waals surface area contributed by atoms with Gasteiger partial charge in [-0.2, -0.15) is 5.10 Å². The van der Waals surface area contributed by atoms with Gasteiger partial charge >= 0.3 is 5.97 Å². The number of carbonyl (C=O) groups is 2. The standard InChI is InChI=1S/C20H13Cl2N3O3/c21-15(18(22)20(27)28)11-23-25-19(26)14-10-17(12-6-2-1-3-7-12)24-16-9-5-4-8-13(14)16/h1-11H,(H,25,26)(H,27,28). The number of hydrogen-bond acceptors (Lipinski definition) is 4. The number of para-hydroxylation sites is 1. The molecule has 0 unspecified atom stereocenters. The SMILES string of the molecule is O=C(O)C(Cl)=C(Cl)C=NNC(=O)c1cc(-c2ccccc2)nc2ccccc12. The molecule has 28 heavy (non-hydrogen) atoms. The summed E-state index contributed by atoms with van der Waals surface area (Å²) < 4.78 is 0. The van der Waals surface area contributed by atoms with Crippen LogP contribution in [-0.4, -0.2) is 28.2 Å². The maximum absolute atomic E-state index is 12.7. The summed E-state index contributed by atoms with van der Waals surface area (Å²) in [4.78, 5) is 28.0. The molecule has 0 fully saturated rings. The number of nitrogens with one attached hydrogen (secondary N) is 1. The average molecular weight is 414 g/mol. The summed E-state index contributed by atoms with van der Waals surface area (Å²) in [5, 5.41) is 12.2. The summed E-state index contributed by atoms with van der Waals surface area (Å²) in [5.74, 6) is -1.89. The number of halogens is 2. The van der Waals surface area contributed by atoms with Gasteiger partial charge in [0.15, 0.2) is 0 Å². The predicted octanol–water partition coefficient (Wildman–Crippen LogP) is 4.39. The minimum atomic E-state index is -1.39. The van der Waals surface area contributed by atoms with E-state index < -0.39 is 16.9 Å². The molecule has 140 valence electrons. The summed E-state index contributed by atoms with van der Waals surface area (Å²) in [5.41, 5.74) is 4.86. The molecule has 2 N–H and O–H groups in total. The Hall–Kier alpha value is -3.22.